The van der Waals surface area contributed by atoms with Crippen molar-refractivity contribution in [3.63, 3.8) is 0 Å². The Balaban J connectivity index is 1.63. The van der Waals surface area contributed by atoms with E-state index in [1.54, 1.807) is 0 Å². The molecular weight excluding hydrogens is 282 g/mol. The van der Waals surface area contributed by atoms with Crippen molar-refractivity contribution in [2.75, 3.05) is 52.6 Å². The molecule has 0 amide bonds. The smallest absolute Gasteiger partial charge is 0.194 e. The highest BCUT2D eigenvalue weighted by molar-refractivity contribution is 5.80. The Hall–Kier alpha value is -0.850. The number of guanidine groups is 1. The molecule has 126 valence electrons. The molecule has 0 aromatic carbocycles. The number of ether oxygens (including phenoxy) is 2. The number of rotatable bonds is 3. The van der Waals surface area contributed by atoms with Gasteiger partial charge in [0.05, 0.1) is 18.8 Å². The van der Waals surface area contributed by atoms with E-state index in [1.165, 1.54) is 6.42 Å². The van der Waals surface area contributed by atoms with Gasteiger partial charge in [-0.25, -0.2) is 0 Å². The summed E-state index contributed by atoms with van der Waals surface area (Å²) < 4.78 is 10.9. The van der Waals surface area contributed by atoms with E-state index in [-0.39, 0.29) is 0 Å². The molecule has 1 spiro atoms. The molecule has 0 aliphatic carbocycles. The number of nitrogens with one attached hydrogen (secondary N) is 1. The summed E-state index contributed by atoms with van der Waals surface area (Å²) in [6.45, 7) is 8.46. The summed E-state index contributed by atoms with van der Waals surface area (Å²) in [6.07, 6.45) is 3.68. The summed E-state index contributed by atoms with van der Waals surface area (Å²) in [4.78, 5) is 7.06. The first-order valence-electron chi connectivity index (χ1n) is 8.56. The van der Waals surface area contributed by atoms with Crippen LogP contribution >= 0.6 is 0 Å². The number of aliphatic hydroxyl groups is 1. The van der Waals surface area contributed by atoms with Gasteiger partial charge in [0.1, 0.15) is 0 Å². The lowest BCUT2D eigenvalue weighted by atomic mass is 9.87. The topological polar surface area (TPSA) is 66.3 Å². The van der Waals surface area contributed by atoms with Crippen molar-refractivity contribution in [1.29, 1.82) is 0 Å². The fraction of sp³-hybridized carbons (Fsp3) is 0.938. The van der Waals surface area contributed by atoms with Crippen LogP contribution in [0.2, 0.25) is 0 Å². The first kappa shape index (κ1) is 16.0. The molecule has 3 fully saturated rings. The Labute approximate surface area is 132 Å². The predicted molar refractivity (Wildman–Crippen MR) is 85.0 cm³/mol. The van der Waals surface area contributed by atoms with Crippen LogP contribution in [0, 0.1) is 5.41 Å². The third-order valence-electron chi connectivity index (χ3n) is 5.20. The number of nitrogens with zero attached hydrogens (tertiary/aromatic N) is 2. The van der Waals surface area contributed by atoms with Crippen LogP contribution in [0.3, 0.4) is 0 Å². The molecule has 0 bridgehead atoms. The van der Waals surface area contributed by atoms with E-state index in [2.05, 4.69) is 17.1 Å². The van der Waals surface area contributed by atoms with Crippen LogP contribution in [-0.2, 0) is 9.47 Å². The van der Waals surface area contributed by atoms with E-state index in [0.29, 0.717) is 38.0 Å². The first-order chi connectivity index (χ1) is 10.6. The van der Waals surface area contributed by atoms with E-state index < -0.39 is 5.60 Å². The molecule has 0 aromatic rings. The second-order valence-electron chi connectivity index (χ2n) is 6.98. The third-order valence-corrected chi connectivity index (χ3v) is 5.20. The molecule has 6 nitrogen and oxygen atoms in total. The van der Waals surface area contributed by atoms with E-state index in [4.69, 9.17) is 14.5 Å². The lowest BCUT2D eigenvalue weighted by Gasteiger charge is -2.31. The molecule has 3 saturated heterocycles. The van der Waals surface area contributed by atoms with Crippen LogP contribution in [-0.4, -0.2) is 74.2 Å². The summed E-state index contributed by atoms with van der Waals surface area (Å²) >= 11 is 0. The van der Waals surface area contributed by atoms with Gasteiger partial charge in [-0.2, -0.15) is 0 Å². The van der Waals surface area contributed by atoms with Gasteiger partial charge in [0.25, 0.3) is 0 Å². The maximum atomic E-state index is 10.6. The first-order valence-corrected chi connectivity index (χ1v) is 8.56. The van der Waals surface area contributed by atoms with Crippen LogP contribution in [0.4, 0.5) is 0 Å². The lowest BCUT2D eigenvalue weighted by molar-refractivity contribution is -0.0566. The molecular formula is C16H29N3O3. The van der Waals surface area contributed by atoms with Crippen molar-refractivity contribution in [3.8, 4) is 0 Å². The number of likely N-dealkylation sites (tertiary alicyclic amines) is 1. The second-order valence-corrected chi connectivity index (χ2v) is 6.98. The highest BCUT2D eigenvalue weighted by Crippen LogP contribution is 2.38. The Kier molecular flexibility index (Phi) is 4.90. The standard InChI is InChI=1S/C16H29N3O3/c1-2-17-14(18-11-16(20)5-9-21-10-6-16)19-7-3-15(12-19)4-8-22-13-15/h20H,2-13H2,1H3,(H,17,18). The quantitative estimate of drug-likeness (QED) is 0.590. The number of aliphatic imine (C=N–C) groups is 1. The van der Waals surface area contributed by atoms with Crippen LogP contribution in [0.25, 0.3) is 0 Å². The Morgan fingerprint density at radius 3 is 2.64 bits per heavy atom. The van der Waals surface area contributed by atoms with Crippen molar-refractivity contribution >= 4 is 5.96 Å². The van der Waals surface area contributed by atoms with Gasteiger partial charge in [0.2, 0.25) is 0 Å². The highest BCUT2D eigenvalue weighted by atomic mass is 16.5. The molecule has 3 rings (SSSR count). The lowest BCUT2D eigenvalue weighted by Crippen LogP contribution is -2.44. The Morgan fingerprint density at radius 1 is 1.18 bits per heavy atom. The maximum Gasteiger partial charge on any atom is 0.194 e. The van der Waals surface area contributed by atoms with E-state index in [1.807, 2.05) is 0 Å². The molecule has 0 saturated carbocycles. The molecule has 6 heteroatoms. The number of hydrogen-bond donors (Lipinski definition) is 2. The SMILES string of the molecule is CCNC(=NCC1(O)CCOCC1)N1CCC2(CCOC2)C1. The molecule has 0 radical (unpaired) electrons. The molecule has 3 heterocycles. The van der Waals surface area contributed by atoms with Crippen LogP contribution in [0.15, 0.2) is 4.99 Å². The molecule has 2 N–H and O–H groups in total. The minimum absolute atomic E-state index is 0.325. The van der Waals surface area contributed by atoms with Gasteiger partial charge in [0.15, 0.2) is 5.96 Å². The average Bonchev–Trinajstić information content (AvgIpc) is 3.15. The summed E-state index contributed by atoms with van der Waals surface area (Å²) in [5, 5.41) is 14.0. The fourth-order valence-electron chi connectivity index (χ4n) is 3.64. The van der Waals surface area contributed by atoms with Crippen LogP contribution in [0.1, 0.15) is 32.6 Å². The monoisotopic (exact) mass is 311 g/mol. The van der Waals surface area contributed by atoms with Gasteiger partial charge in [-0.3, -0.25) is 4.99 Å². The molecule has 1 unspecified atom stereocenters. The van der Waals surface area contributed by atoms with Crippen molar-refractivity contribution in [1.82, 2.24) is 10.2 Å². The fourth-order valence-corrected chi connectivity index (χ4v) is 3.64. The van der Waals surface area contributed by atoms with Crippen molar-refractivity contribution < 1.29 is 14.6 Å². The molecule has 22 heavy (non-hydrogen) atoms. The van der Waals surface area contributed by atoms with Gasteiger partial charge in [-0.1, -0.05) is 0 Å². The largest absolute Gasteiger partial charge is 0.388 e. The molecule has 3 aliphatic rings. The van der Waals surface area contributed by atoms with Gasteiger partial charge >= 0.3 is 0 Å². The summed E-state index contributed by atoms with van der Waals surface area (Å²) in [6, 6.07) is 0. The minimum Gasteiger partial charge on any atom is -0.388 e. The van der Waals surface area contributed by atoms with Crippen LogP contribution < -0.4 is 5.32 Å². The van der Waals surface area contributed by atoms with Crippen LogP contribution in [0.5, 0.6) is 0 Å². The van der Waals surface area contributed by atoms with Crippen molar-refractivity contribution in [2.24, 2.45) is 10.4 Å². The van der Waals surface area contributed by atoms with Gasteiger partial charge in [-0.15, -0.1) is 0 Å². The zero-order chi connectivity index (χ0) is 15.5. The van der Waals surface area contributed by atoms with Gasteiger partial charge in [0, 0.05) is 57.7 Å². The van der Waals surface area contributed by atoms with E-state index in [9.17, 15) is 5.11 Å². The summed E-state index contributed by atoms with van der Waals surface area (Å²) in [7, 11) is 0. The van der Waals surface area contributed by atoms with Gasteiger partial charge in [-0.05, 0) is 19.8 Å². The molecule has 1 atom stereocenters. The van der Waals surface area contributed by atoms with Crippen molar-refractivity contribution in [2.45, 2.75) is 38.2 Å². The van der Waals surface area contributed by atoms with Gasteiger partial charge < -0.3 is 24.8 Å². The number of hydrogen-bond acceptors (Lipinski definition) is 4. The average molecular weight is 311 g/mol. The summed E-state index contributed by atoms with van der Waals surface area (Å²) in [5.74, 6) is 0.936. The normalized spacial score (nSPS) is 31.9. The van der Waals surface area contributed by atoms with E-state index in [0.717, 1.165) is 45.2 Å². The Bertz CT molecular complexity index is 401. The van der Waals surface area contributed by atoms with Crippen molar-refractivity contribution in [3.05, 3.63) is 0 Å². The zero-order valence-electron chi connectivity index (χ0n) is 13.6. The van der Waals surface area contributed by atoms with E-state index >= 15 is 0 Å². The molecule has 3 aliphatic heterocycles. The third kappa shape index (κ3) is 3.55. The second kappa shape index (κ2) is 6.72. The zero-order valence-corrected chi connectivity index (χ0v) is 13.6. The Morgan fingerprint density at radius 2 is 1.95 bits per heavy atom. The predicted octanol–water partition coefficient (Wildman–Crippen LogP) is 0.606. The summed E-state index contributed by atoms with van der Waals surface area (Å²) in [5.41, 5.74) is -0.376. The highest BCUT2D eigenvalue weighted by Gasteiger charge is 2.42. The maximum absolute atomic E-state index is 10.6. The minimum atomic E-state index is -0.702. The molecule has 0 aromatic heterocycles.